The lowest BCUT2D eigenvalue weighted by Gasteiger charge is -2.13. The Morgan fingerprint density at radius 1 is 1.00 bits per heavy atom. The summed E-state index contributed by atoms with van der Waals surface area (Å²) in [4.78, 5) is 12.3. The molecule has 0 fully saturated rings. The quantitative estimate of drug-likeness (QED) is 0.863. The van der Waals surface area contributed by atoms with Crippen LogP contribution in [-0.2, 0) is 10.0 Å². The molecule has 2 aromatic rings. The van der Waals surface area contributed by atoms with Gasteiger partial charge >= 0.3 is 0 Å². The molecule has 0 aliphatic rings. The Labute approximate surface area is 124 Å². The second-order valence-electron chi connectivity index (χ2n) is 4.89. The minimum Gasteiger partial charge on any atom is -0.292 e. The van der Waals surface area contributed by atoms with Gasteiger partial charge < -0.3 is 0 Å². The number of nitrogens with one attached hydrogen (secondary N) is 1. The van der Waals surface area contributed by atoms with Crippen molar-refractivity contribution in [3.05, 3.63) is 65.7 Å². The molecule has 1 N–H and O–H groups in total. The van der Waals surface area contributed by atoms with Crippen LogP contribution in [0.5, 0.6) is 0 Å². The predicted molar refractivity (Wildman–Crippen MR) is 81.7 cm³/mol. The molecule has 0 amide bonds. The average molecular weight is 303 g/mol. The lowest BCUT2D eigenvalue weighted by molar-refractivity contribution is 0.0961. The van der Waals surface area contributed by atoms with Gasteiger partial charge in [0, 0.05) is 5.56 Å². The lowest BCUT2D eigenvalue weighted by Crippen LogP contribution is -2.38. The fourth-order valence-corrected chi connectivity index (χ4v) is 3.13. The maximum atomic E-state index is 12.2. The molecule has 0 saturated heterocycles. The first-order valence-corrected chi connectivity index (χ1v) is 8.07. The van der Waals surface area contributed by atoms with Crippen LogP contribution >= 0.6 is 0 Å². The molecule has 0 aliphatic carbocycles. The zero-order valence-electron chi connectivity index (χ0n) is 11.9. The SMILES string of the molecule is Cc1ccc(S(=O)(=O)N[C@H](C)C(=O)c2ccccc2)cc1. The van der Waals surface area contributed by atoms with E-state index in [4.69, 9.17) is 0 Å². The first-order chi connectivity index (χ1) is 9.90. The number of ketones is 1. The van der Waals surface area contributed by atoms with E-state index in [2.05, 4.69) is 4.72 Å². The van der Waals surface area contributed by atoms with Gasteiger partial charge in [0.15, 0.2) is 5.78 Å². The molecular formula is C16H17NO3S. The monoisotopic (exact) mass is 303 g/mol. The first-order valence-electron chi connectivity index (χ1n) is 6.58. The third-order valence-corrected chi connectivity index (χ3v) is 4.67. The number of hydrogen-bond donors (Lipinski definition) is 1. The van der Waals surface area contributed by atoms with Crippen LogP contribution in [-0.4, -0.2) is 20.2 Å². The minimum atomic E-state index is -3.70. The molecule has 1 atom stereocenters. The molecule has 0 aliphatic heterocycles. The Hall–Kier alpha value is -1.98. The number of carbonyl (C=O) groups excluding carboxylic acids is 1. The van der Waals surface area contributed by atoms with Gasteiger partial charge in [-0.15, -0.1) is 0 Å². The van der Waals surface area contributed by atoms with E-state index in [9.17, 15) is 13.2 Å². The van der Waals surface area contributed by atoms with Gasteiger partial charge in [-0.1, -0.05) is 48.0 Å². The van der Waals surface area contributed by atoms with Crippen molar-refractivity contribution in [3.8, 4) is 0 Å². The molecule has 4 nitrogen and oxygen atoms in total. The summed E-state index contributed by atoms with van der Waals surface area (Å²) >= 11 is 0. The summed E-state index contributed by atoms with van der Waals surface area (Å²) in [6.07, 6.45) is 0. The van der Waals surface area contributed by atoms with Crippen LogP contribution in [0.1, 0.15) is 22.8 Å². The van der Waals surface area contributed by atoms with Crippen molar-refractivity contribution in [1.29, 1.82) is 0 Å². The Morgan fingerprint density at radius 2 is 1.57 bits per heavy atom. The van der Waals surface area contributed by atoms with Crippen LogP contribution in [0, 0.1) is 6.92 Å². The van der Waals surface area contributed by atoms with E-state index in [1.54, 1.807) is 49.4 Å². The summed E-state index contributed by atoms with van der Waals surface area (Å²) in [6, 6.07) is 14.3. The van der Waals surface area contributed by atoms with E-state index in [1.165, 1.54) is 12.1 Å². The first kappa shape index (κ1) is 15.4. The highest BCUT2D eigenvalue weighted by molar-refractivity contribution is 7.89. The molecule has 0 unspecified atom stereocenters. The summed E-state index contributed by atoms with van der Waals surface area (Å²) in [5.74, 6) is -0.258. The molecule has 0 radical (unpaired) electrons. The largest absolute Gasteiger partial charge is 0.292 e. The molecule has 0 spiro atoms. The van der Waals surface area contributed by atoms with E-state index < -0.39 is 16.1 Å². The summed E-state index contributed by atoms with van der Waals surface area (Å²) in [6.45, 7) is 3.42. The topological polar surface area (TPSA) is 63.2 Å². The molecule has 0 bridgehead atoms. The molecule has 0 aromatic heterocycles. The van der Waals surface area contributed by atoms with Crippen LogP contribution in [0.2, 0.25) is 0 Å². The molecule has 21 heavy (non-hydrogen) atoms. The summed E-state index contributed by atoms with van der Waals surface area (Å²) in [5.41, 5.74) is 1.46. The van der Waals surface area contributed by atoms with Gasteiger partial charge in [0.2, 0.25) is 10.0 Å². The molecule has 0 heterocycles. The van der Waals surface area contributed by atoms with Crippen molar-refractivity contribution in [2.45, 2.75) is 24.8 Å². The molecular weight excluding hydrogens is 286 g/mol. The normalized spacial score (nSPS) is 12.9. The van der Waals surface area contributed by atoms with E-state index in [-0.39, 0.29) is 10.7 Å². The maximum Gasteiger partial charge on any atom is 0.241 e. The third-order valence-electron chi connectivity index (χ3n) is 3.11. The van der Waals surface area contributed by atoms with E-state index >= 15 is 0 Å². The second-order valence-corrected chi connectivity index (χ2v) is 6.60. The minimum absolute atomic E-state index is 0.154. The summed E-state index contributed by atoms with van der Waals surface area (Å²) < 4.78 is 26.9. The van der Waals surface area contributed by atoms with Crippen molar-refractivity contribution in [2.24, 2.45) is 0 Å². The highest BCUT2D eigenvalue weighted by atomic mass is 32.2. The van der Waals surface area contributed by atoms with Crippen molar-refractivity contribution in [2.75, 3.05) is 0 Å². The van der Waals surface area contributed by atoms with Crippen LogP contribution in [0.15, 0.2) is 59.5 Å². The van der Waals surface area contributed by atoms with Gasteiger partial charge in [-0.05, 0) is 26.0 Å². The summed E-state index contributed by atoms with van der Waals surface area (Å²) in [7, 11) is -3.70. The summed E-state index contributed by atoms with van der Waals surface area (Å²) in [5, 5.41) is 0. The van der Waals surface area contributed by atoms with E-state index in [0.717, 1.165) is 5.56 Å². The van der Waals surface area contributed by atoms with Gasteiger partial charge in [-0.25, -0.2) is 13.1 Å². The number of aryl methyl sites for hydroxylation is 1. The number of rotatable bonds is 5. The average Bonchev–Trinajstić information content (AvgIpc) is 2.47. The highest BCUT2D eigenvalue weighted by Crippen LogP contribution is 2.12. The predicted octanol–water partition coefficient (Wildman–Crippen LogP) is 2.54. The van der Waals surface area contributed by atoms with Crippen LogP contribution < -0.4 is 4.72 Å². The van der Waals surface area contributed by atoms with Crippen molar-refractivity contribution < 1.29 is 13.2 Å². The third kappa shape index (κ3) is 3.77. The highest BCUT2D eigenvalue weighted by Gasteiger charge is 2.22. The standard InChI is InChI=1S/C16H17NO3S/c1-12-8-10-15(11-9-12)21(19,20)17-13(2)16(18)14-6-4-3-5-7-14/h3-11,13,17H,1-2H3/t13-/m1/s1. The van der Waals surface area contributed by atoms with Crippen LogP contribution in [0.25, 0.3) is 0 Å². The maximum absolute atomic E-state index is 12.2. The smallest absolute Gasteiger partial charge is 0.241 e. The molecule has 2 rings (SSSR count). The number of hydrogen-bond acceptors (Lipinski definition) is 3. The Balaban J connectivity index is 2.17. The fourth-order valence-electron chi connectivity index (χ4n) is 1.92. The van der Waals surface area contributed by atoms with E-state index in [0.29, 0.717) is 5.56 Å². The number of carbonyl (C=O) groups is 1. The van der Waals surface area contributed by atoms with Crippen LogP contribution in [0.3, 0.4) is 0 Å². The Kier molecular flexibility index (Phi) is 4.55. The van der Waals surface area contributed by atoms with Gasteiger partial charge in [0.05, 0.1) is 10.9 Å². The second kappa shape index (κ2) is 6.20. The van der Waals surface area contributed by atoms with Gasteiger partial charge in [-0.2, -0.15) is 0 Å². The zero-order valence-corrected chi connectivity index (χ0v) is 12.7. The van der Waals surface area contributed by atoms with Crippen LogP contribution in [0.4, 0.5) is 0 Å². The van der Waals surface area contributed by atoms with E-state index in [1.807, 2.05) is 6.92 Å². The van der Waals surface area contributed by atoms with Crippen molar-refractivity contribution in [3.63, 3.8) is 0 Å². The Morgan fingerprint density at radius 3 is 2.14 bits per heavy atom. The lowest BCUT2D eigenvalue weighted by atomic mass is 10.1. The van der Waals surface area contributed by atoms with Gasteiger partial charge in [0.25, 0.3) is 0 Å². The molecule has 5 heteroatoms. The zero-order chi connectivity index (χ0) is 15.5. The van der Waals surface area contributed by atoms with Gasteiger partial charge in [-0.3, -0.25) is 4.79 Å². The molecule has 0 saturated carbocycles. The van der Waals surface area contributed by atoms with Crippen molar-refractivity contribution in [1.82, 2.24) is 4.72 Å². The number of benzene rings is 2. The van der Waals surface area contributed by atoms with Crippen molar-refractivity contribution >= 4 is 15.8 Å². The fraction of sp³-hybridized carbons (Fsp3) is 0.188. The molecule has 2 aromatic carbocycles. The number of Topliss-reactive ketones (excluding diaryl/α,β-unsaturated/α-hetero) is 1. The van der Waals surface area contributed by atoms with Gasteiger partial charge in [0.1, 0.15) is 0 Å². The number of sulfonamides is 1. The molecule has 110 valence electrons. The Bertz CT molecular complexity index is 722.